The van der Waals surface area contributed by atoms with E-state index in [0.29, 0.717) is 11.3 Å². The Morgan fingerprint density at radius 1 is 1.03 bits per heavy atom. The van der Waals surface area contributed by atoms with Crippen molar-refractivity contribution in [3.05, 3.63) is 77.0 Å². The first-order valence-corrected chi connectivity index (χ1v) is 10.7. The lowest BCUT2D eigenvalue weighted by molar-refractivity contribution is -0.144. The van der Waals surface area contributed by atoms with Gasteiger partial charge in [0.1, 0.15) is 12.4 Å². The van der Waals surface area contributed by atoms with Crippen molar-refractivity contribution in [3.8, 4) is 5.75 Å². The van der Waals surface area contributed by atoms with Crippen LogP contribution in [0.3, 0.4) is 0 Å². The third kappa shape index (κ3) is 6.12. The number of carbonyl (C=O) groups is 3. The van der Waals surface area contributed by atoms with Gasteiger partial charge in [-0.05, 0) is 36.1 Å². The Morgan fingerprint density at radius 2 is 1.73 bits per heavy atom. The van der Waals surface area contributed by atoms with Gasteiger partial charge in [-0.2, -0.15) is 0 Å². The van der Waals surface area contributed by atoms with Gasteiger partial charge in [-0.25, -0.2) is 9.59 Å². The molecule has 0 unspecified atom stereocenters. The highest BCUT2D eigenvalue weighted by atomic mass is 16.5. The number of hydrogen-bond acceptors (Lipinski definition) is 6. The molecule has 0 saturated carbocycles. The molecule has 1 aliphatic rings. The van der Waals surface area contributed by atoms with Crippen LogP contribution in [-0.4, -0.2) is 38.3 Å². The minimum absolute atomic E-state index is 0.0353. The van der Waals surface area contributed by atoms with Crippen molar-refractivity contribution in [1.29, 1.82) is 0 Å². The number of amides is 2. The lowest BCUT2D eigenvalue weighted by Gasteiger charge is -2.29. The zero-order chi connectivity index (χ0) is 23.8. The van der Waals surface area contributed by atoms with Crippen molar-refractivity contribution in [2.45, 2.75) is 32.2 Å². The van der Waals surface area contributed by atoms with E-state index in [1.165, 1.54) is 0 Å². The number of rotatable bonds is 9. The molecule has 0 aliphatic carbocycles. The van der Waals surface area contributed by atoms with Gasteiger partial charge in [-0.3, -0.25) is 4.79 Å². The summed E-state index contributed by atoms with van der Waals surface area (Å²) in [5.41, 5.74) is 2.06. The first kappa shape index (κ1) is 23.8. The molecular weight excluding hydrogens is 424 g/mol. The average molecular weight is 453 g/mol. The third-order valence-corrected chi connectivity index (χ3v) is 5.32. The molecule has 2 amide bonds. The van der Waals surface area contributed by atoms with Crippen molar-refractivity contribution in [2.75, 3.05) is 20.3 Å². The van der Waals surface area contributed by atoms with Gasteiger partial charge in [0.05, 0.1) is 37.4 Å². The summed E-state index contributed by atoms with van der Waals surface area (Å²) < 4.78 is 15.8. The van der Waals surface area contributed by atoms with Gasteiger partial charge in [0.2, 0.25) is 0 Å². The maximum atomic E-state index is 12.8. The van der Waals surface area contributed by atoms with Crippen LogP contribution in [0.15, 0.2) is 65.9 Å². The van der Waals surface area contributed by atoms with Crippen LogP contribution in [0, 0.1) is 0 Å². The second-order valence-electron chi connectivity index (χ2n) is 7.59. The molecule has 8 nitrogen and oxygen atoms in total. The Kier molecular flexibility index (Phi) is 8.07. The van der Waals surface area contributed by atoms with Crippen molar-refractivity contribution in [2.24, 2.45) is 0 Å². The van der Waals surface area contributed by atoms with E-state index >= 15 is 0 Å². The fourth-order valence-corrected chi connectivity index (χ4v) is 3.59. The Hall–Kier alpha value is -3.81. The smallest absolute Gasteiger partial charge is 0.338 e. The van der Waals surface area contributed by atoms with Crippen LogP contribution in [-0.2, 0) is 19.1 Å². The van der Waals surface area contributed by atoms with E-state index in [2.05, 4.69) is 10.6 Å². The monoisotopic (exact) mass is 452 g/mol. The SMILES string of the molecule is CCOC(=O)C1=C(COC(=O)C[C@H](C)c2ccccc2)NC(=O)N[C@H]1c1ccc(OC)cc1. The largest absolute Gasteiger partial charge is 0.497 e. The summed E-state index contributed by atoms with van der Waals surface area (Å²) in [5, 5.41) is 5.34. The molecule has 2 N–H and O–H groups in total. The molecule has 0 aromatic heterocycles. The molecule has 174 valence electrons. The maximum absolute atomic E-state index is 12.8. The van der Waals surface area contributed by atoms with Crippen LogP contribution in [0.5, 0.6) is 5.75 Å². The minimum atomic E-state index is -0.763. The number of benzene rings is 2. The van der Waals surface area contributed by atoms with Crippen molar-refractivity contribution in [3.63, 3.8) is 0 Å². The van der Waals surface area contributed by atoms with Crippen LogP contribution in [0.1, 0.15) is 43.4 Å². The van der Waals surface area contributed by atoms with Gasteiger partial charge in [0.25, 0.3) is 0 Å². The minimum Gasteiger partial charge on any atom is -0.497 e. The van der Waals surface area contributed by atoms with E-state index in [-0.39, 0.29) is 36.8 Å². The van der Waals surface area contributed by atoms with Gasteiger partial charge in [-0.15, -0.1) is 0 Å². The fourth-order valence-electron chi connectivity index (χ4n) is 3.59. The molecule has 1 aliphatic heterocycles. The zero-order valence-electron chi connectivity index (χ0n) is 18.9. The topological polar surface area (TPSA) is 103 Å². The Balaban J connectivity index is 1.80. The van der Waals surface area contributed by atoms with E-state index in [9.17, 15) is 14.4 Å². The summed E-state index contributed by atoms with van der Waals surface area (Å²) in [6, 6.07) is 15.3. The number of methoxy groups -OCH3 is 1. The normalized spacial score (nSPS) is 16.3. The number of hydrogen-bond donors (Lipinski definition) is 2. The summed E-state index contributed by atoms with van der Waals surface area (Å²) in [6.45, 7) is 3.54. The molecule has 0 fully saturated rings. The van der Waals surface area contributed by atoms with Crippen LogP contribution >= 0.6 is 0 Å². The van der Waals surface area contributed by atoms with Crippen LogP contribution < -0.4 is 15.4 Å². The number of ether oxygens (including phenoxy) is 3. The van der Waals surface area contributed by atoms with Crippen LogP contribution in [0.4, 0.5) is 4.79 Å². The van der Waals surface area contributed by atoms with Gasteiger partial charge >= 0.3 is 18.0 Å². The molecular formula is C25H28N2O6. The molecule has 0 saturated heterocycles. The quantitative estimate of drug-likeness (QED) is 0.564. The van der Waals surface area contributed by atoms with Crippen molar-refractivity contribution >= 4 is 18.0 Å². The first-order chi connectivity index (χ1) is 15.9. The van der Waals surface area contributed by atoms with Gasteiger partial charge in [-0.1, -0.05) is 49.4 Å². The van der Waals surface area contributed by atoms with Crippen molar-refractivity contribution < 1.29 is 28.6 Å². The molecule has 0 radical (unpaired) electrons. The summed E-state index contributed by atoms with van der Waals surface area (Å²) in [5.74, 6) is -0.431. The molecule has 2 aromatic rings. The zero-order valence-corrected chi connectivity index (χ0v) is 18.9. The van der Waals surface area contributed by atoms with Crippen molar-refractivity contribution in [1.82, 2.24) is 10.6 Å². The molecule has 2 atom stereocenters. The Morgan fingerprint density at radius 3 is 2.36 bits per heavy atom. The highest BCUT2D eigenvalue weighted by Gasteiger charge is 2.34. The number of nitrogens with one attached hydrogen (secondary N) is 2. The van der Waals surface area contributed by atoms with Crippen LogP contribution in [0.25, 0.3) is 0 Å². The molecule has 2 aromatic carbocycles. The molecule has 1 heterocycles. The summed E-state index contributed by atoms with van der Waals surface area (Å²) in [7, 11) is 1.55. The summed E-state index contributed by atoms with van der Waals surface area (Å²) in [6.07, 6.45) is 0.167. The van der Waals surface area contributed by atoms with Crippen LogP contribution in [0.2, 0.25) is 0 Å². The van der Waals surface area contributed by atoms with E-state index < -0.39 is 24.0 Å². The Bertz CT molecular complexity index is 1020. The number of carbonyl (C=O) groups excluding carboxylic acids is 3. The highest BCUT2D eigenvalue weighted by molar-refractivity contribution is 5.95. The van der Waals surface area contributed by atoms with Gasteiger partial charge in [0, 0.05) is 0 Å². The third-order valence-electron chi connectivity index (χ3n) is 5.32. The molecule has 33 heavy (non-hydrogen) atoms. The molecule has 0 spiro atoms. The molecule has 8 heteroatoms. The number of esters is 2. The highest BCUT2D eigenvalue weighted by Crippen LogP contribution is 2.29. The molecule has 0 bridgehead atoms. The standard InChI is InChI=1S/C25H28N2O6/c1-4-32-24(29)22-20(15-33-21(28)14-16(2)17-8-6-5-7-9-17)26-25(30)27-23(22)18-10-12-19(31-3)13-11-18/h5-13,16,23H,4,14-15H2,1-3H3,(H2,26,27,30)/t16-,23-/m0/s1. The molecule has 3 rings (SSSR count). The van der Waals surface area contributed by atoms with E-state index in [1.807, 2.05) is 37.3 Å². The Labute approximate surface area is 192 Å². The van der Waals surface area contributed by atoms with E-state index in [0.717, 1.165) is 5.56 Å². The fraction of sp³-hybridized carbons (Fsp3) is 0.320. The van der Waals surface area contributed by atoms with E-state index in [4.69, 9.17) is 14.2 Å². The predicted molar refractivity (Wildman–Crippen MR) is 121 cm³/mol. The second kappa shape index (κ2) is 11.2. The predicted octanol–water partition coefficient (Wildman–Crippen LogP) is 3.60. The second-order valence-corrected chi connectivity index (χ2v) is 7.59. The summed E-state index contributed by atoms with van der Waals surface area (Å²) >= 11 is 0. The van der Waals surface area contributed by atoms with E-state index in [1.54, 1.807) is 38.3 Å². The first-order valence-electron chi connectivity index (χ1n) is 10.7. The maximum Gasteiger partial charge on any atom is 0.338 e. The lowest BCUT2D eigenvalue weighted by atomic mass is 9.95. The van der Waals surface area contributed by atoms with Gasteiger partial charge in [0.15, 0.2) is 0 Å². The average Bonchev–Trinajstić information content (AvgIpc) is 2.83. The van der Waals surface area contributed by atoms with Gasteiger partial charge < -0.3 is 24.8 Å². The summed E-state index contributed by atoms with van der Waals surface area (Å²) in [4.78, 5) is 37.6. The lowest BCUT2D eigenvalue weighted by Crippen LogP contribution is -2.47. The number of urea groups is 1.